The Hall–Kier alpha value is -2.52. The van der Waals surface area contributed by atoms with E-state index in [2.05, 4.69) is 6.92 Å². The van der Waals surface area contributed by atoms with Gasteiger partial charge in [0.05, 0.1) is 30.5 Å². The smallest absolute Gasteiger partial charge is 0.329 e. The molecule has 0 spiro atoms. The van der Waals surface area contributed by atoms with Gasteiger partial charge in [0, 0.05) is 52.0 Å². The Balaban J connectivity index is 1.76. The van der Waals surface area contributed by atoms with Crippen LogP contribution in [0.15, 0.2) is 23.3 Å². The molecule has 3 fully saturated rings. The van der Waals surface area contributed by atoms with Gasteiger partial charge in [-0.1, -0.05) is 45.4 Å². The van der Waals surface area contributed by atoms with Crippen molar-refractivity contribution in [1.29, 1.82) is 0 Å². The topological polar surface area (TPSA) is 178 Å². The van der Waals surface area contributed by atoms with Crippen LogP contribution >= 0.6 is 0 Å². The first kappa shape index (κ1) is 46.2. The molecule has 4 rings (SSSR count). The molecule has 0 radical (unpaired) electrons. The molecule has 0 aromatic heterocycles. The third-order valence-corrected chi connectivity index (χ3v) is 12.9. The van der Waals surface area contributed by atoms with Crippen molar-refractivity contribution in [3.05, 3.63) is 23.3 Å². The third kappa shape index (κ3) is 10.7. The number of esters is 1. The minimum atomic E-state index is -2.50. The lowest BCUT2D eigenvalue weighted by molar-refractivity contribution is -0.302. The molecule has 0 aromatic carbocycles. The number of ether oxygens (including phenoxy) is 5. The molecule has 14 atom stereocenters. The fraction of sp³-hybridized carbons (Fsp3) is 0.814. The summed E-state index contributed by atoms with van der Waals surface area (Å²) in [7, 11) is 4.63. The van der Waals surface area contributed by atoms with Gasteiger partial charge in [-0.05, 0) is 95.5 Å². The summed E-state index contributed by atoms with van der Waals surface area (Å²) in [5.41, 5.74) is 1.66. The predicted octanol–water partition coefficient (Wildman–Crippen LogP) is 4.47. The quantitative estimate of drug-likeness (QED) is 0.196. The second-order valence-electron chi connectivity index (χ2n) is 17.2. The molecule has 1 amide bonds. The molecular formula is C43H69NO12. The average molecular weight is 792 g/mol. The number of piperidine rings is 1. The minimum Gasteiger partial charge on any atom is -0.456 e. The number of carbonyl (C=O) groups excluding carboxylic acids is 4. The van der Waals surface area contributed by atoms with E-state index in [1.54, 1.807) is 21.0 Å². The summed E-state index contributed by atoms with van der Waals surface area (Å²) in [5, 5.41) is 34.1. The van der Waals surface area contributed by atoms with Gasteiger partial charge in [0.25, 0.3) is 11.7 Å². The van der Waals surface area contributed by atoms with Crippen molar-refractivity contribution in [3.63, 3.8) is 0 Å². The van der Waals surface area contributed by atoms with Crippen LogP contribution in [0.4, 0.5) is 0 Å². The molecule has 2 bridgehead atoms. The highest BCUT2D eigenvalue weighted by atomic mass is 16.7. The number of ketones is 2. The van der Waals surface area contributed by atoms with Crippen molar-refractivity contribution in [2.75, 3.05) is 27.9 Å². The van der Waals surface area contributed by atoms with Crippen LogP contribution in [-0.2, 0) is 42.9 Å². The highest BCUT2D eigenvalue weighted by molar-refractivity contribution is 6.39. The Morgan fingerprint density at radius 2 is 1.57 bits per heavy atom. The molecule has 0 unspecified atom stereocenters. The van der Waals surface area contributed by atoms with E-state index >= 15 is 0 Å². The number of aliphatic hydroxyl groups is 3. The van der Waals surface area contributed by atoms with E-state index in [1.807, 2.05) is 32.9 Å². The maximum absolute atomic E-state index is 14.3. The van der Waals surface area contributed by atoms with Crippen LogP contribution in [0.2, 0.25) is 0 Å². The number of carbonyl (C=O) groups is 4. The lowest BCUT2D eigenvalue weighted by atomic mass is 9.81. The Labute approximate surface area is 333 Å². The highest BCUT2D eigenvalue weighted by Gasteiger charge is 2.56. The Bertz CT molecular complexity index is 1430. The van der Waals surface area contributed by atoms with Crippen LogP contribution in [0.3, 0.4) is 0 Å². The van der Waals surface area contributed by atoms with Gasteiger partial charge in [0.15, 0.2) is 0 Å². The summed E-state index contributed by atoms with van der Waals surface area (Å²) in [5.74, 6) is -7.50. The molecule has 1 aliphatic carbocycles. The number of aliphatic hydroxyl groups excluding tert-OH is 2. The molecule has 1 saturated carbocycles. The van der Waals surface area contributed by atoms with Gasteiger partial charge in [-0.2, -0.15) is 0 Å². The van der Waals surface area contributed by atoms with Crippen LogP contribution in [-0.4, -0.2) is 126 Å². The van der Waals surface area contributed by atoms with Crippen LogP contribution in [0.1, 0.15) is 112 Å². The fourth-order valence-electron chi connectivity index (χ4n) is 9.39. The zero-order chi connectivity index (χ0) is 41.5. The third-order valence-electron chi connectivity index (χ3n) is 12.9. The van der Waals surface area contributed by atoms with E-state index in [-0.39, 0.29) is 49.5 Å². The number of allylic oxidation sites excluding steroid dienone is 3. The van der Waals surface area contributed by atoms with E-state index in [9.17, 15) is 34.5 Å². The van der Waals surface area contributed by atoms with E-state index in [4.69, 9.17) is 23.7 Å². The zero-order valence-electron chi connectivity index (χ0n) is 35.1. The summed E-state index contributed by atoms with van der Waals surface area (Å²) in [6.07, 6.45) is 3.72. The number of amides is 1. The maximum Gasteiger partial charge on any atom is 0.329 e. The van der Waals surface area contributed by atoms with Gasteiger partial charge in [-0.3, -0.25) is 14.4 Å². The first-order valence-electron chi connectivity index (χ1n) is 20.8. The number of nitrogens with zero attached hydrogens (tertiary/aromatic N) is 1. The predicted molar refractivity (Wildman–Crippen MR) is 208 cm³/mol. The number of hydrogen-bond donors (Lipinski definition) is 3. The van der Waals surface area contributed by atoms with E-state index in [0.717, 1.165) is 5.57 Å². The van der Waals surface area contributed by atoms with Gasteiger partial charge in [0.2, 0.25) is 5.79 Å². The zero-order valence-corrected chi connectivity index (χ0v) is 35.1. The van der Waals surface area contributed by atoms with Crippen molar-refractivity contribution < 1.29 is 58.2 Å². The Kier molecular flexibility index (Phi) is 16.9. The van der Waals surface area contributed by atoms with Gasteiger partial charge in [0.1, 0.15) is 24.0 Å². The molecular weight excluding hydrogens is 722 g/mol. The van der Waals surface area contributed by atoms with Gasteiger partial charge in [-0.15, -0.1) is 0 Å². The summed E-state index contributed by atoms with van der Waals surface area (Å²) in [4.78, 5) is 57.6. The van der Waals surface area contributed by atoms with Crippen LogP contribution in [0, 0.1) is 29.6 Å². The summed E-state index contributed by atoms with van der Waals surface area (Å²) in [6.45, 7) is 11.3. The van der Waals surface area contributed by atoms with Crippen LogP contribution in [0.5, 0.6) is 0 Å². The van der Waals surface area contributed by atoms with Crippen LogP contribution < -0.4 is 0 Å². The molecule has 13 nitrogen and oxygen atoms in total. The lowest BCUT2D eigenvalue weighted by Gasteiger charge is -2.47. The molecule has 2 saturated heterocycles. The van der Waals surface area contributed by atoms with Crippen molar-refractivity contribution in [2.24, 2.45) is 29.6 Å². The normalized spacial score (nSPS) is 41.6. The first-order valence-corrected chi connectivity index (χ1v) is 20.8. The maximum atomic E-state index is 14.3. The summed E-state index contributed by atoms with van der Waals surface area (Å²) in [6, 6.07) is -1.13. The second-order valence-corrected chi connectivity index (χ2v) is 17.2. The monoisotopic (exact) mass is 791 g/mol. The molecule has 3 N–H and O–H groups in total. The molecule has 318 valence electrons. The van der Waals surface area contributed by atoms with E-state index < -0.39 is 83.9 Å². The fourth-order valence-corrected chi connectivity index (χ4v) is 9.39. The molecule has 56 heavy (non-hydrogen) atoms. The number of cyclic esters (lactones) is 1. The van der Waals surface area contributed by atoms with Gasteiger partial charge in [-0.25, -0.2) is 4.79 Å². The molecule has 3 heterocycles. The lowest BCUT2D eigenvalue weighted by Crippen LogP contribution is -2.64. The SMILES string of the molecule is CC[C@@H]1/C=C(/C)C[C@H](C)C[C@H](OC)[C@H]2O[C@@](O)(C(=O)C(=O)N3CCCC[C@H]3C(=O)O[C@H](/C(C)=C/[C@H]3CC[C@H](O)[C@H](OC)C3)[C@H](C)[C@@H](O)CC1=O)[C@H](C)C[C@@H]2OC. The largest absolute Gasteiger partial charge is 0.456 e. The van der Waals surface area contributed by atoms with E-state index in [1.165, 1.54) is 19.1 Å². The molecule has 3 aliphatic heterocycles. The molecule has 13 heteroatoms. The van der Waals surface area contributed by atoms with Crippen molar-refractivity contribution in [2.45, 2.75) is 167 Å². The second kappa shape index (κ2) is 20.4. The number of rotatable bonds is 6. The average Bonchev–Trinajstić information content (AvgIpc) is 3.18. The van der Waals surface area contributed by atoms with Crippen molar-refractivity contribution >= 4 is 23.4 Å². The Morgan fingerprint density at radius 1 is 0.911 bits per heavy atom. The number of methoxy groups -OCH3 is 3. The van der Waals surface area contributed by atoms with Crippen molar-refractivity contribution in [3.8, 4) is 0 Å². The molecule has 4 aliphatic rings. The first-order chi connectivity index (χ1) is 26.5. The van der Waals surface area contributed by atoms with E-state index in [0.29, 0.717) is 56.9 Å². The van der Waals surface area contributed by atoms with Gasteiger partial charge < -0.3 is 43.9 Å². The minimum absolute atomic E-state index is 0.000914. The number of hydrogen-bond acceptors (Lipinski definition) is 12. The van der Waals surface area contributed by atoms with Crippen LogP contribution in [0.25, 0.3) is 0 Å². The summed E-state index contributed by atoms with van der Waals surface area (Å²) < 4.78 is 29.7. The number of Topliss-reactive ketones (excluding diaryl/α,β-unsaturated/α-hetero) is 2. The Morgan fingerprint density at radius 3 is 2.21 bits per heavy atom. The number of fused-ring (bicyclic) bond motifs is 3. The standard InChI is InChI=1S/C43H69NO12/c1-10-30-18-24(2)17-25(3)19-36(53-8)39-37(54-9)21-27(5)43(51,56-39)40(48)41(49)44-16-12-11-13-31(44)42(50)55-38(28(6)33(46)23-34(30)47)26(4)20-29-14-15-32(45)35(22-29)52-7/h18,20,25,27-33,35-39,45-46,51H,10-17,19,21-23H2,1-9H3/b24-18-,26-20+/t25-,27+,28+,29+,30+,31-,32-,33-,35+,36-,37-,38+,39+,43+/m0/s1. The summed E-state index contributed by atoms with van der Waals surface area (Å²) >= 11 is 0. The molecule has 0 aromatic rings. The highest BCUT2D eigenvalue weighted by Crippen LogP contribution is 2.39. The van der Waals surface area contributed by atoms with Crippen molar-refractivity contribution in [1.82, 2.24) is 4.90 Å². The van der Waals surface area contributed by atoms with Gasteiger partial charge >= 0.3 is 5.97 Å².